The quantitative estimate of drug-likeness (QED) is 0.602. The van der Waals surface area contributed by atoms with Crippen molar-refractivity contribution in [3.8, 4) is 12.3 Å². The van der Waals surface area contributed by atoms with E-state index in [1.54, 1.807) is 0 Å². The van der Waals surface area contributed by atoms with Crippen molar-refractivity contribution in [3.05, 3.63) is 0 Å². The molecule has 12 heavy (non-hydrogen) atoms. The van der Waals surface area contributed by atoms with Gasteiger partial charge in [-0.1, -0.05) is 12.8 Å². The van der Waals surface area contributed by atoms with Crippen LogP contribution in [0.5, 0.6) is 0 Å². The number of hydrogen-bond donors (Lipinski definition) is 2. The maximum atomic E-state index is 5.34. The highest BCUT2D eigenvalue weighted by Gasteiger charge is 2.14. The molecule has 0 aromatic rings. The molecular weight excluding hydrogens is 148 g/mol. The Morgan fingerprint density at radius 1 is 1.75 bits per heavy atom. The van der Waals surface area contributed by atoms with Crippen molar-refractivity contribution in [1.82, 2.24) is 10.6 Å². The van der Waals surface area contributed by atoms with E-state index in [0.717, 1.165) is 13.0 Å². The van der Waals surface area contributed by atoms with Crippen LogP contribution in [0.4, 0.5) is 0 Å². The van der Waals surface area contributed by atoms with Gasteiger partial charge < -0.3 is 10.6 Å². The zero-order valence-corrected chi connectivity index (χ0v) is 7.77. The Morgan fingerprint density at radius 3 is 3.08 bits per heavy atom. The average Bonchev–Trinajstić information content (AvgIpc) is 2.59. The first kappa shape index (κ1) is 9.57. The molecule has 2 nitrogen and oxygen atoms in total. The van der Waals surface area contributed by atoms with Gasteiger partial charge in [-0.05, 0) is 25.8 Å². The van der Waals surface area contributed by atoms with Gasteiger partial charge in [0.2, 0.25) is 0 Å². The van der Waals surface area contributed by atoms with E-state index in [1.165, 1.54) is 19.4 Å². The topological polar surface area (TPSA) is 24.1 Å². The largest absolute Gasteiger partial charge is 0.313 e. The second-order valence-corrected chi connectivity index (χ2v) is 3.33. The molecule has 0 aliphatic carbocycles. The van der Waals surface area contributed by atoms with E-state index in [0.29, 0.717) is 6.04 Å². The minimum atomic E-state index is 0.257. The highest BCUT2D eigenvalue weighted by molar-refractivity contribution is 4.98. The van der Waals surface area contributed by atoms with Crippen molar-refractivity contribution in [2.24, 2.45) is 0 Å². The first-order chi connectivity index (χ1) is 5.86. The number of hydrogen-bond acceptors (Lipinski definition) is 2. The van der Waals surface area contributed by atoms with E-state index in [-0.39, 0.29) is 6.04 Å². The molecule has 1 fully saturated rings. The van der Waals surface area contributed by atoms with Crippen LogP contribution in [0.25, 0.3) is 0 Å². The van der Waals surface area contributed by atoms with Crippen LogP contribution in [-0.4, -0.2) is 25.2 Å². The van der Waals surface area contributed by atoms with Gasteiger partial charge in [0.15, 0.2) is 0 Å². The van der Waals surface area contributed by atoms with Crippen molar-refractivity contribution >= 4 is 0 Å². The van der Waals surface area contributed by atoms with Crippen LogP contribution in [0.3, 0.4) is 0 Å². The van der Waals surface area contributed by atoms with Gasteiger partial charge in [0, 0.05) is 12.6 Å². The summed E-state index contributed by atoms with van der Waals surface area (Å²) in [6.45, 7) is 4.29. The molecule has 1 rings (SSSR count). The van der Waals surface area contributed by atoms with Crippen LogP contribution in [0.15, 0.2) is 0 Å². The fourth-order valence-electron chi connectivity index (χ4n) is 1.54. The second-order valence-electron chi connectivity index (χ2n) is 3.33. The standard InChI is InChI=1S/C10H18N2/c1-3-9(4-2)12-8-10-6-5-7-11-10/h1,9-12H,4-8H2,2H3. The Balaban J connectivity index is 2.11. The molecule has 0 radical (unpaired) electrons. The smallest absolute Gasteiger partial charge is 0.0684 e. The van der Waals surface area contributed by atoms with E-state index in [1.807, 2.05) is 0 Å². The molecule has 0 aromatic carbocycles. The Hall–Kier alpha value is -0.520. The van der Waals surface area contributed by atoms with Gasteiger partial charge in [-0.2, -0.15) is 0 Å². The molecule has 1 aliphatic heterocycles. The molecule has 0 saturated carbocycles. The summed E-state index contributed by atoms with van der Waals surface area (Å²) in [5.41, 5.74) is 0. The van der Waals surface area contributed by atoms with Crippen LogP contribution < -0.4 is 10.6 Å². The third-order valence-electron chi connectivity index (χ3n) is 2.38. The SMILES string of the molecule is C#CC(CC)NCC1CCCN1. The van der Waals surface area contributed by atoms with E-state index >= 15 is 0 Å². The molecule has 1 aliphatic rings. The summed E-state index contributed by atoms with van der Waals surface area (Å²) < 4.78 is 0. The molecule has 0 aromatic heterocycles. The number of nitrogens with one attached hydrogen (secondary N) is 2. The van der Waals surface area contributed by atoms with E-state index in [4.69, 9.17) is 6.42 Å². The van der Waals surface area contributed by atoms with Crippen LogP contribution in [0.2, 0.25) is 0 Å². The van der Waals surface area contributed by atoms with E-state index < -0.39 is 0 Å². The molecule has 2 heteroatoms. The predicted molar refractivity (Wildman–Crippen MR) is 51.9 cm³/mol. The van der Waals surface area contributed by atoms with Crippen LogP contribution in [0, 0.1) is 12.3 Å². The monoisotopic (exact) mass is 166 g/mol. The van der Waals surface area contributed by atoms with Gasteiger partial charge in [-0.25, -0.2) is 0 Å². The first-order valence-corrected chi connectivity index (χ1v) is 4.79. The molecule has 1 heterocycles. The fraction of sp³-hybridized carbons (Fsp3) is 0.800. The summed E-state index contributed by atoms with van der Waals surface area (Å²) in [6.07, 6.45) is 8.94. The lowest BCUT2D eigenvalue weighted by Crippen LogP contribution is -2.38. The zero-order valence-electron chi connectivity index (χ0n) is 7.77. The van der Waals surface area contributed by atoms with Crippen LogP contribution in [0.1, 0.15) is 26.2 Å². The Kier molecular flexibility index (Phi) is 4.13. The normalized spacial score (nSPS) is 25.2. The summed E-state index contributed by atoms with van der Waals surface area (Å²) in [5, 5.41) is 6.79. The molecular formula is C10H18N2. The summed E-state index contributed by atoms with van der Waals surface area (Å²) >= 11 is 0. The Morgan fingerprint density at radius 2 is 2.58 bits per heavy atom. The van der Waals surface area contributed by atoms with Crippen molar-refractivity contribution in [2.45, 2.75) is 38.3 Å². The van der Waals surface area contributed by atoms with Crippen molar-refractivity contribution in [3.63, 3.8) is 0 Å². The van der Waals surface area contributed by atoms with Gasteiger partial charge >= 0.3 is 0 Å². The average molecular weight is 166 g/mol. The van der Waals surface area contributed by atoms with Gasteiger partial charge in [0.1, 0.15) is 0 Å². The molecule has 0 amide bonds. The molecule has 2 N–H and O–H groups in total. The third-order valence-corrected chi connectivity index (χ3v) is 2.38. The summed E-state index contributed by atoms with van der Waals surface area (Å²) in [4.78, 5) is 0. The van der Waals surface area contributed by atoms with Gasteiger partial charge in [-0.15, -0.1) is 6.42 Å². The summed E-state index contributed by atoms with van der Waals surface area (Å²) in [5.74, 6) is 2.74. The molecule has 2 unspecified atom stereocenters. The minimum absolute atomic E-state index is 0.257. The van der Waals surface area contributed by atoms with Crippen molar-refractivity contribution in [1.29, 1.82) is 0 Å². The second kappa shape index (κ2) is 5.18. The molecule has 0 bridgehead atoms. The number of terminal acetylenes is 1. The molecule has 0 spiro atoms. The Labute approximate surface area is 75.1 Å². The van der Waals surface area contributed by atoms with Crippen molar-refractivity contribution < 1.29 is 0 Å². The highest BCUT2D eigenvalue weighted by atomic mass is 15.0. The minimum Gasteiger partial charge on any atom is -0.313 e. The Bertz CT molecular complexity index is 154. The third kappa shape index (κ3) is 2.84. The maximum Gasteiger partial charge on any atom is 0.0684 e. The summed E-state index contributed by atoms with van der Waals surface area (Å²) in [6, 6.07) is 0.903. The van der Waals surface area contributed by atoms with Crippen LogP contribution in [-0.2, 0) is 0 Å². The van der Waals surface area contributed by atoms with Gasteiger partial charge in [-0.3, -0.25) is 0 Å². The summed E-state index contributed by atoms with van der Waals surface area (Å²) in [7, 11) is 0. The van der Waals surface area contributed by atoms with E-state index in [2.05, 4.69) is 23.5 Å². The fourth-order valence-corrected chi connectivity index (χ4v) is 1.54. The maximum absolute atomic E-state index is 5.34. The van der Waals surface area contributed by atoms with Crippen molar-refractivity contribution in [2.75, 3.05) is 13.1 Å². The molecule has 2 atom stereocenters. The molecule has 68 valence electrons. The lowest BCUT2D eigenvalue weighted by atomic mass is 10.2. The van der Waals surface area contributed by atoms with Gasteiger partial charge in [0.25, 0.3) is 0 Å². The zero-order chi connectivity index (χ0) is 8.81. The first-order valence-electron chi connectivity index (χ1n) is 4.79. The van der Waals surface area contributed by atoms with E-state index in [9.17, 15) is 0 Å². The highest BCUT2D eigenvalue weighted by Crippen LogP contribution is 2.03. The lowest BCUT2D eigenvalue weighted by molar-refractivity contribution is 0.501. The van der Waals surface area contributed by atoms with Gasteiger partial charge in [0.05, 0.1) is 6.04 Å². The molecule has 1 saturated heterocycles. The van der Waals surface area contributed by atoms with Crippen LogP contribution >= 0.6 is 0 Å². The predicted octanol–water partition coefficient (Wildman–Crippen LogP) is 0.740. The number of rotatable bonds is 4. The lowest BCUT2D eigenvalue weighted by Gasteiger charge is -2.14.